The number of methoxy groups -OCH3 is 1. The van der Waals surface area contributed by atoms with Gasteiger partial charge >= 0.3 is 0 Å². The van der Waals surface area contributed by atoms with E-state index >= 15 is 0 Å². The summed E-state index contributed by atoms with van der Waals surface area (Å²) in [4.78, 5) is 12.1. The third-order valence-corrected chi connectivity index (χ3v) is 4.67. The average molecular weight is 355 g/mol. The summed E-state index contributed by atoms with van der Waals surface area (Å²) in [5.74, 6) is 0.937. The zero-order valence-corrected chi connectivity index (χ0v) is 14.9. The number of rotatable bonds is 7. The van der Waals surface area contributed by atoms with E-state index in [1.54, 1.807) is 13.2 Å². The van der Waals surface area contributed by atoms with E-state index in [-0.39, 0.29) is 11.7 Å². The minimum atomic E-state index is -0.112. The Balaban J connectivity index is 1.96. The number of thioether (sulfide) groups is 1. The molecule has 2 aromatic rings. The van der Waals surface area contributed by atoms with Crippen molar-refractivity contribution in [2.45, 2.75) is 25.5 Å². The molecule has 0 aliphatic rings. The van der Waals surface area contributed by atoms with E-state index in [1.165, 1.54) is 11.8 Å². The first-order valence-corrected chi connectivity index (χ1v) is 8.45. The third kappa shape index (κ3) is 4.70. The maximum atomic E-state index is 12.1. The molecule has 1 amide bonds. The van der Waals surface area contributed by atoms with Gasteiger partial charge < -0.3 is 14.6 Å². The number of nitrogens with zero attached hydrogens (tertiary/aromatic N) is 3. The number of hydrogen-bond donors (Lipinski definition) is 1. The molecule has 1 heterocycles. The standard InChI is InChI=1S/C15H19ClN4O2S/c1-10-12(16)5-4-6-13(10)17-14(21)9-23-15-19-18-11(2)20(15)7-8-22-3/h4-6H,7-9H2,1-3H3,(H,17,21). The fourth-order valence-electron chi connectivity index (χ4n) is 1.97. The molecular formula is C15H19ClN4O2S. The van der Waals surface area contributed by atoms with Crippen molar-refractivity contribution in [2.24, 2.45) is 0 Å². The van der Waals surface area contributed by atoms with Crippen molar-refractivity contribution in [3.05, 3.63) is 34.6 Å². The van der Waals surface area contributed by atoms with Gasteiger partial charge in [0.15, 0.2) is 5.16 Å². The van der Waals surface area contributed by atoms with Gasteiger partial charge in [0.2, 0.25) is 5.91 Å². The second kappa shape index (κ2) is 8.33. The number of carbonyl (C=O) groups is 1. The summed E-state index contributed by atoms with van der Waals surface area (Å²) < 4.78 is 7.01. The van der Waals surface area contributed by atoms with Crippen LogP contribution in [0.5, 0.6) is 0 Å². The molecule has 0 aliphatic heterocycles. The van der Waals surface area contributed by atoms with Gasteiger partial charge in [0, 0.05) is 24.4 Å². The van der Waals surface area contributed by atoms with Gasteiger partial charge in [0.1, 0.15) is 5.82 Å². The lowest BCUT2D eigenvalue weighted by atomic mass is 10.2. The van der Waals surface area contributed by atoms with E-state index in [0.717, 1.165) is 17.1 Å². The van der Waals surface area contributed by atoms with Crippen molar-refractivity contribution >= 4 is 35.0 Å². The quantitative estimate of drug-likeness (QED) is 0.774. The molecule has 1 aromatic heterocycles. The number of amides is 1. The molecule has 0 unspecified atom stereocenters. The summed E-state index contributed by atoms with van der Waals surface area (Å²) in [6.07, 6.45) is 0. The van der Waals surface area contributed by atoms with Gasteiger partial charge in [0.05, 0.1) is 12.4 Å². The van der Waals surface area contributed by atoms with Gasteiger partial charge in [-0.1, -0.05) is 29.4 Å². The summed E-state index contributed by atoms with van der Waals surface area (Å²) in [6, 6.07) is 5.43. The Kier molecular flexibility index (Phi) is 6.44. The Morgan fingerprint density at radius 2 is 2.17 bits per heavy atom. The van der Waals surface area contributed by atoms with Crippen LogP contribution in [0.25, 0.3) is 0 Å². The Bertz CT molecular complexity index is 690. The van der Waals surface area contributed by atoms with E-state index in [2.05, 4.69) is 15.5 Å². The van der Waals surface area contributed by atoms with Crippen LogP contribution in [0.1, 0.15) is 11.4 Å². The fourth-order valence-corrected chi connectivity index (χ4v) is 2.95. The van der Waals surface area contributed by atoms with E-state index in [0.29, 0.717) is 23.3 Å². The minimum Gasteiger partial charge on any atom is -0.383 e. The number of halogens is 1. The molecule has 1 N–H and O–H groups in total. The number of ether oxygens (including phenoxy) is 1. The Labute approximate surface area is 144 Å². The second-order valence-electron chi connectivity index (χ2n) is 4.92. The zero-order chi connectivity index (χ0) is 16.8. The molecule has 0 saturated carbocycles. The van der Waals surface area contributed by atoms with Crippen molar-refractivity contribution in [3.8, 4) is 0 Å². The molecule has 8 heteroatoms. The number of benzene rings is 1. The predicted octanol–water partition coefficient (Wildman–Crippen LogP) is 2.93. The van der Waals surface area contributed by atoms with Gasteiger partial charge in [0.25, 0.3) is 0 Å². The molecule has 0 saturated heterocycles. The molecular weight excluding hydrogens is 336 g/mol. The Hall–Kier alpha value is -1.57. The van der Waals surface area contributed by atoms with Crippen LogP contribution in [0.4, 0.5) is 5.69 Å². The van der Waals surface area contributed by atoms with E-state index in [1.807, 2.05) is 30.5 Å². The van der Waals surface area contributed by atoms with Crippen molar-refractivity contribution in [1.82, 2.24) is 14.8 Å². The van der Waals surface area contributed by atoms with Crippen LogP contribution >= 0.6 is 23.4 Å². The topological polar surface area (TPSA) is 69.0 Å². The summed E-state index contributed by atoms with van der Waals surface area (Å²) in [7, 11) is 1.65. The maximum Gasteiger partial charge on any atom is 0.234 e. The van der Waals surface area contributed by atoms with Crippen LogP contribution in [0.3, 0.4) is 0 Å². The first-order valence-electron chi connectivity index (χ1n) is 7.09. The van der Waals surface area contributed by atoms with Crippen molar-refractivity contribution < 1.29 is 9.53 Å². The van der Waals surface area contributed by atoms with E-state index in [9.17, 15) is 4.79 Å². The van der Waals surface area contributed by atoms with Gasteiger partial charge in [-0.25, -0.2) is 0 Å². The van der Waals surface area contributed by atoms with Crippen LogP contribution in [-0.2, 0) is 16.1 Å². The molecule has 0 atom stereocenters. The van der Waals surface area contributed by atoms with Crippen LogP contribution in [-0.4, -0.2) is 40.1 Å². The molecule has 23 heavy (non-hydrogen) atoms. The summed E-state index contributed by atoms with van der Waals surface area (Å²) in [6.45, 7) is 4.98. The molecule has 124 valence electrons. The normalized spacial score (nSPS) is 10.8. The monoisotopic (exact) mass is 354 g/mol. The third-order valence-electron chi connectivity index (χ3n) is 3.29. The molecule has 2 rings (SSSR count). The Morgan fingerprint density at radius 3 is 2.91 bits per heavy atom. The van der Waals surface area contributed by atoms with Gasteiger partial charge in [-0.15, -0.1) is 10.2 Å². The average Bonchev–Trinajstić information content (AvgIpc) is 2.88. The van der Waals surface area contributed by atoms with Gasteiger partial charge in [-0.2, -0.15) is 0 Å². The highest BCUT2D eigenvalue weighted by Gasteiger charge is 2.12. The summed E-state index contributed by atoms with van der Waals surface area (Å²) in [5.41, 5.74) is 1.58. The zero-order valence-electron chi connectivity index (χ0n) is 13.3. The molecule has 0 radical (unpaired) electrons. The first-order chi connectivity index (χ1) is 11.0. The van der Waals surface area contributed by atoms with E-state index in [4.69, 9.17) is 16.3 Å². The molecule has 0 aliphatic carbocycles. The molecule has 0 bridgehead atoms. The minimum absolute atomic E-state index is 0.112. The van der Waals surface area contributed by atoms with Crippen molar-refractivity contribution in [2.75, 3.05) is 24.8 Å². The molecule has 1 aromatic carbocycles. The van der Waals surface area contributed by atoms with Crippen molar-refractivity contribution in [3.63, 3.8) is 0 Å². The SMILES string of the molecule is COCCn1c(C)nnc1SCC(=O)Nc1cccc(Cl)c1C. The number of nitrogens with one attached hydrogen (secondary N) is 1. The van der Waals surface area contributed by atoms with Gasteiger partial charge in [-0.05, 0) is 31.5 Å². The number of carbonyl (C=O) groups excluding carboxylic acids is 1. The van der Waals surface area contributed by atoms with Crippen LogP contribution in [0.2, 0.25) is 5.02 Å². The van der Waals surface area contributed by atoms with Crippen LogP contribution in [0.15, 0.2) is 23.4 Å². The summed E-state index contributed by atoms with van der Waals surface area (Å²) in [5, 5.41) is 12.3. The highest BCUT2D eigenvalue weighted by atomic mass is 35.5. The second-order valence-corrected chi connectivity index (χ2v) is 6.27. The smallest absolute Gasteiger partial charge is 0.234 e. The molecule has 6 nitrogen and oxygen atoms in total. The predicted molar refractivity (Wildman–Crippen MR) is 92.2 cm³/mol. The lowest BCUT2D eigenvalue weighted by Crippen LogP contribution is -2.16. The van der Waals surface area contributed by atoms with Crippen molar-refractivity contribution in [1.29, 1.82) is 0 Å². The number of anilines is 1. The Morgan fingerprint density at radius 1 is 1.39 bits per heavy atom. The number of aryl methyl sites for hydroxylation is 1. The summed E-state index contributed by atoms with van der Waals surface area (Å²) >= 11 is 7.40. The maximum absolute atomic E-state index is 12.1. The largest absolute Gasteiger partial charge is 0.383 e. The number of hydrogen-bond acceptors (Lipinski definition) is 5. The van der Waals surface area contributed by atoms with Crippen LogP contribution < -0.4 is 5.32 Å². The molecule has 0 fully saturated rings. The first kappa shape index (κ1) is 17.8. The fraction of sp³-hybridized carbons (Fsp3) is 0.400. The van der Waals surface area contributed by atoms with Gasteiger partial charge in [-0.3, -0.25) is 4.79 Å². The lowest BCUT2D eigenvalue weighted by Gasteiger charge is -2.10. The number of aromatic nitrogens is 3. The van der Waals surface area contributed by atoms with E-state index < -0.39 is 0 Å². The highest BCUT2D eigenvalue weighted by molar-refractivity contribution is 7.99. The van der Waals surface area contributed by atoms with Crippen LogP contribution in [0, 0.1) is 13.8 Å². The molecule has 0 spiro atoms. The highest BCUT2D eigenvalue weighted by Crippen LogP contribution is 2.23. The lowest BCUT2D eigenvalue weighted by molar-refractivity contribution is -0.113.